The van der Waals surface area contributed by atoms with Crippen LogP contribution in [0.1, 0.15) is 55.8 Å². The van der Waals surface area contributed by atoms with E-state index in [2.05, 4.69) is 74.3 Å². The van der Waals surface area contributed by atoms with Gasteiger partial charge < -0.3 is 35.6 Å². The molecular formula is C47H54N6O6. The molecule has 0 spiro atoms. The molecule has 0 bridgehead atoms. The fraction of sp³-hybridized carbons (Fsp3) is 0.383. The van der Waals surface area contributed by atoms with Gasteiger partial charge in [-0.3, -0.25) is 24.4 Å². The zero-order valence-corrected chi connectivity index (χ0v) is 33.7. The van der Waals surface area contributed by atoms with Crippen molar-refractivity contribution in [1.29, 1.82) is 0 Å². The predicted molar refractivity (Wildman–Crippen MR) is 229 cm³/mol. The quantitative estimate of drug-likeness (QED) is 0.106. The number of nitrogens with one attached hydrogen (secondary N) is 3. The number of benzene rings is 4. The van der Waals surface area contributed by atoms with Gasteiger partial charge in [0, 0.05) is 99.9 Å². The lowest BCUT2D eigenvalue weighted by molar-refractivity contribution is 0.0839. The number of aliphatic hydroxyl groups is 2. The number of hydrogen-bond acceptors (Lipinski definition) is 10. The maximum Gasteiger partial charge on any atom is 0.251 e. The molecule has 12 nitrogen and oxygen atoms in total. The van der Waals surface area contributed by atoms with Gasteiger partial charge in [-0.15, -0.1) is 0 Å². The number of ether oxygens (including phenoxy) is 2. The fourth-order valence-corrected chi connectivity index (χ4v) is 8.47. The number of methoxy groups -OCH3 is 1. The Kier molecular flexibility index (Phi) is 12.8. The number of aliphatic hydroxyl groups excluding tert-OH is 2. The molecule has 4 heterocycles. The number of nitrogens with zero attached hydrogens (tertiary/aromatic N) is 3. The minimum atomic E-state index is -0.742. The molecular weight excluding hydrogens is 745 g/mol. The first-order valence-electron chi connectivity index (χ1n) is 20.8. The Morgan fingerprint density at radius 3 is 2.12 bits per heavy atom. The molecule has 2 atom stereocenters. The number of carbonyl (C=O) groups excluding carboxylic acids is 2. The van der Waals surface area contributed by atoms with Crippen molar-refractivity contribution in [3.8, 4) is 16.9 Å². The van der Waals surface area contributed by atoms with Crippen LogP contribution in [-0.2, 0) is 30.7 Å². The Labute approximate surface area is 345 Å². The number of pyridine rings is 1. The van der Waals surface area contributed by atoms with Crippen LogP contribution in [0, 0.1) is 0 Å². The maximum absolute atomic E-state index is 13.2. The van der Waals surface area contributed by atoms with Gasteiger partial charge in [0.05, 0.1) is 30.5 Å². The average Bonchev–Trinajstić information content (AvgIpc) is 3.27. The summed E-state index contributed by atoms with van der Waals surface area (Å²) in [5.74, 6) is 0.196. The first-order chi connectivity index (χ1) is 28.8. The van der Waals surface area contributed by atoms with Gasteiger partial charge in [0.2, 0.25) is 0 Å². The number of β-amino-alcohol motifs (C(OH)–C–C–N with tert-alkyl or cyclic N) is 2. The summed E-state index contributed by atoms with van der Waals surface area (Å²) >= 11 is 0. The van der Waals surface area contributed by atoms with Crippen molar-refractivity contribution in [2.75, 3.05) is 64.9 Å². The molecule has 1 saturated heterocycles. The van der Waals surface area contributed by atoms with Gasteiger partial charge in [-0.2, -0.15) is 0 Å². The van der Waals surface area contributed by atoms with Crippen molar-refractivity contribution in [3.63, 3.8) is 0 Å². The zero-order chi connectivity index (χ0) is 40.7. The van der Waals surface area contributed by atoms with Gasteiger partial charge in [0.1, 0.15) is 5.75 Å². The Morgan fingerprint density at radius 1 is 0.763 bits per heavy atom. The number of anilines is 1. The van der Waals surface area contributed by atoms with Gasteiger partial charge in [-0.25, -0.2) is 0 Å². The number of carbonyl (C=O) groups is 2. The lowest BCUT2D eigenvalue weighted by Gasteiger charge is -2.30. The number of aromatic nitrogens is 1. The minimum Gasteiger partial charge on any atom is -0.495 e. The van der Waals surface area contributed by atoms with E-state index in [-0.39, 0.29) is 30.9 Å². The van der Waals surface area contributed by atoms with Crippen LogP contribution in [0.25, 0.3) is 22.0 Å². The maximum atomic E-state index is 13.2. The van der Waals surface area contributed by atoms with Gasteiger partial charge in [-0.1, -0.05) is 36.4 Å². The number of amides is 2. The van der Waals surface area contributed by atoms with Crippen LogP contribution in [0.3, 0.4) is 0 Å². The van der Waals surface area contributed by atoms with Gasteiger partial charge in [0.15, 0.2) is 0 Å². The topological polar surface area (TPSA) is 149 Å². The summed E-state index contributed by atoms with van der Waals surface area (Å²) in [5, 5.41) is 32.0. The highest BCUT2D eigenvalue weighted by Gasteiger charge is 2.23. The highest BCUT2D eigenvalue weighted by atomic mass is 16.5. The molecule has 2 amide bonds. The number of rotatable bonds is 14. The summed E-state index contributed by atoms with van der Waals surface area (Å²) in [6.07, 6.45) is 4.04. The lowest BCUT2D eigenvalue weighted by atomic mass is 9.94. The smallest absolute Gasteiger partial charge is 0.251 e. The molecule has 5 N–H and O–H groups in total. The SMILES string of the molecule is COc1ccc(C(=O)NCC(O)CN2CCc3ccc(-c4cnc5ccc(C(=O)NCC(O)CN6CCc7ccccc7C6)cc5c4)cc3C2)cc1NC1CCOCC1. The highest BCUT2D eigenvalue weighted by molar-refractivity contribution is 5.98. The first kappa shape index (κ1) is 40.4. The second kappa shape index (κ2) is 18.7. The third-order valence-corrected chi connectivity index (χ3v) is 11.8. The highest BCUT2D eigenvalue weighted by Crippen LogP contribution is 2.30. The third kappa shape index (κ3) is 10.1. The molecule has 4 aromatic carbocycles. The van der Waals surface area contributed by atoms with Crippen molar-refractivity contribution < 1.29 is 29.3 Å². The second-order valence-electron chi connectivity index (χ2n) is 16.0. The molecule has 0 aliphatic carbocycles. The van der Waals surface area contributed by atoms with Crippen LogP contribution < -0.4 is 20.7 Å². The molecule has 5 aromatic rings. The summed E-state index contributed by atoms with van der Waals surface area (Å²) in [6, 6.07) is 28.0. The van der Waals surface area contributed by atoms with Crippen LogP contribution in [-0.4, -0.2) is 115 Å². The van der Waals surface area contributed by atoms with E-state index < -0.39 is 12.2 Å². The molecule has 3 aliphatic rings. The van der Waals surface area contributed by atoms with E-state index in [0.717, 1.165) is 73.0 Å². The predicted octanol–water partition coefficient (Wildman–Crippen LogP) is 4.80. The van der Waals surface area contributed by atoms with E-state index in [1.165, 1.54) is 22.3 Å². The molecule has 1 fully saturated rings. The first-order valence-corrected chi connectivity index (χ1v) is 20.8. The standard InChI is InChI=1S/C47H54N6O6/c1-58-45-11-9-35(23-44(45)51-40-14-18-59-19-15-40)47(57)50-26-42(55)30-53-17-13-32-6-7-33(20-39(32)28-53)38-22-37-21-34(8-10-43(37)48-24-38)46(56)49-25-41(54)29-52-16-12-31-4-2-3-5-36(31)27-52/h2-11,20-24,40-42,51,54-55H,12-19,25-30H2,1H3,(H,49,56)(H,50,57). The van der Waals surface area contributed by atoms with E-state index >= 15 is 0 Å². The van der Waals surface area contributed by atoms with E-state index in [0.29, 0.717) is 49.7 Å². The Balaban J connectivity index is 0.841. The Morgan fingerprint density at radius 2 is 1.41 bits per heavy atom. The number of hydrogen-bond donors (Lipinski definition) is 5. The minimum absolute atomic E-state index is 0.133. The summed E-state index contributed by atoms with van der Waals surface area (Å²) in [6.45, 7) is 5.82. The summed E-state index contributed by atoms with van der Waals surface area (Å²) in [5.41, 5.74) is 9.68. The molecule has 8 rings (SSSR count). The molecule has 59 heavy (non-hydrogen) atoms. The van der Waals surface area contributed by atoms with Crippen LogP contribution >= 0.6 is 0 Å². The monoisotopic (exact) mass is 798 g/mol. The van der Waals surface area contributed by atoms with Crippen molar-refractivity contribution in [1.82, 2.24) is 25.4 Å². The summed E-state index contributed by atoms with van der Waals surface area (Å²) in [7, 11) is 1.62. The zero-order valence-electron chi connectivity index (χ0n) is 33.7. The molecule has 1 aromatic heterocycles. The van der Waals surface area contributed by atoms with Crippen molar-refractivity contribution in [2.45, 2.75) is 57.0 Å². The Bertz CT molecular complexity index is 2280. The lowest BCUT2D eigenvalue weighted by Crippen LogP contribution is -2.42. The van der Waals surface area contributed by atoms with Crippen molar-refractivity contribution in [3.05, 3.63) is 125 Å². The molecule has 0 saturated carbocycles. The van der Waals surface area contributed by atoms with Crippen LogP contribution in [0.2, 0.25) is 0 Å². The van der Waals surface area contributed by atoms with Crippen molar-refractivity contribution in [2.24, 2.45) is 0 Å². The molecule has 308 valence electrons. The summed E-state index contributed by atoms with van der Waals surface area (Å²) < 4.78 is 11.0. The van der Waals surface area contributed by atoms with E-state index in [1.54, 1.807) is 31.4 Å². The van der Waals surface area contributed by atoms with Crippen LogP contribution in [0.4, 0.5) is 5.69 Å². The van der Waals surface area contributed by atoms with Gasteiger partial charge in [-0.05, 0) is 102 Å². The average molecular weight is 799 g/mol. The van der Waals surface area contributed by atoms with Gasteiger partial charge >= 0.3 is 0 Å². The normalized spacial score (nSPS) is 17.1. The number of fused-ring (bicyclic) bond motifs is 3. The third-order valence-electron chi connectivity index (χ3n) is 11.8. The van der Waals surface area contributed by atoms with Crippen LogP contribution in [0.5, 0.6) is 5.75 Å². The summed E-state index contributed by atoms with van der Waals surface area (Å²) in [4.78, 5) is 35.5. The molecule has 3 aliphatic heterocycles. The second-order valence-corrected chi connectivity index (χ2v) is 16.0. The van der Waals surface area contributed by atoms with Gasteiger partial charge in [0.25, 0.3) is 11.8 Å². The molecule has 0 radical (unpaired) electrons. The van der Waals surface area contributed by atoms with E-state index in [9.17, 15) is 19.8 Å². The molecule has 2 unspecified atom stereocenters. The van der Waals surface area contributed by atoms with Crippen LogP contribution in [0.15, 0.2) is 91.1 Å². The van der Waals surface area contributed by atoms with E-state index in [4.69, 9.17) is 14.5 Å². The molecule has 12 heteroatoms. The van der Waals surface area contributed by atoms with E-state index in [1.807, 2.05) is 18.3 Å². The van der Waals surface area contributed by atoms with Crippen molar-refractivity contribution >= 4 is 28.4 Å². The Hall–Kier alpha value is -5.37. The fourth-order valence-electron chi connectivity index (χ4n) is 8.47. The largest absolute Gasteiger partial charge is 0.495 e.